The van der Waals surface area contributed by atoms with Gasteiger partial charge in [0, 0.05) is 70.8 Å². The molecule has 1 amide bonds. The highest BCUT2D eigenvalue weighted by Gasteiger charge is 2.43. The zero-order valence-electron chi connectivity index (χ0n) is 24.1. The Labute approximate surface area is 243 Å². The summed E-state index contributed by atoms with van der Waals surface area (Å²) in [7, 11) is 2.31. The smallest absolute Gasteiger partial charge is 0.407 e. The molecule has 218 valence electrons. The molecular weight excluding hydrogens is 562 g/mol. The first-order valence-corrected chi connectivity index (χ1v) is 18.1. The van der Waals surface area contributed by atoms with Gasteiger partial charge in [-0.1, -0.05) is 37.3 Å². The summed E-state index contributed by atoms with van der Waals surface area (Å²) < 4.78 is 11.3. The molecule has 1 N–H and O–H groups in total. The average Bonchev–Trinajstić information content (AvgIpc) is 3.54. The Kier molecular flexibility index (Phi) is 6.90. The fourth-order valence-corrected chi connectivity index (χ4v) is 7.22. The SMILES string of the molecule is Cn1cc2c(Cl)c(-c3cn(COCC[Si](C)(C)C)c4nc(N5C6CCC5CN(C(=O)O)C6)n(C)c(=O)c34)ccc2n1. The zero-order chi connectivity index (χ0) is 29.2. The van der Waals surface area contributed by atoms with Crippen molar-refractivity contribution in [1.82, 2.24) is 28.8 Å². The van der Waals surface area contributed by atoms with E-state index in [2.05, 4.69) is 29.6 Å². The van der Waals surface area contributed by atoms with Gasteiger partial charge in [-0.05, 0) is 25.0 Å². The van der Waals surface area contributed by atoms with Gasteiger partial charge < -0.3 is 24.2 Å². The van der Waals surface area contributed by atoms with Gasteiger partial charge in [-0.15, -0.1) is 0 Å². The van der Waals surface area contributed by atoms with Gasteiger partial charge in [0.05, 0.1) is 28.0 Å². The van der Waals surface area contributed by atoms with Crippen LogP contribution in [-0.4, -0.2) is 79.9 Å². The second kappa shape index (κ2) is 10.2. The summed E-state index contributed by atoms with van der Waals surface area (Å²) in [5, 5.41) is 15.9. The Bertz CT molecular complexity index is 1710. The summed E-state index contributed by atoms with van der Waals surface area (Å²) in [6.45, 7) is 8.61. The third kappa shape index (κ3) is 4.91. The van der Waals surface area contributed by atoms with Crippen molar-refractivity contribution >= 4 is 53.7 Å². The lowest BCUT2D eigenvalue weighted by molar-refractivity contribution is 0.0899. The van der Waals surface area contributed by atoms with Crippen LogP contribution >= 0.6 is 11.6 Å². The highest BCUT2D eigenvalue weighted by atomic mass is 35.5. The standard InChI is InChI=1S/C28H36ClN7O4Si/c1-32-14-21-22(31-32)9-8-19(24(21)29)20-15-35(16-40-10-11-41(3,4)5)25-23(20)26(37)33(2)27(30-25)36-17-6-7-18(36)13-34(12-17)28(38)39/h8-9,14-15,17-18H,6-7,10-13,16H2,1-5H3,(H,38,39). The number of hydrogen-bond donors (Lipinski definition) is 1. The quantitative estimate of drug-likeness (QED) is 0.245. The minimum atomic E-state index is -1.28. The normalized spacial score (nSPS) is 19.2. The third-order valence-corrected chi connectivity index (χ3v) is 10.4. The number of nitrogens with zero attached hydrogens (tertiary/aromatic N) is 7. The molecule has 0 radical (unpaired) electrons. The van der Waals surface area contributed by atoms with Crippen LogP contribution in [0.2, 0.25) is 30.7 Å². The Morgan fingerprint density at radius 3 is 2.49 bits per heavy atom. The van der Waals surface area contributed by atoms with Gasteiger partial charge in [0.1, 0.15) is 6.73 Å². The number of aryl methyl sites for hydroxylation is 1. The van der Waals surface area contributed by atoms with Crippen LogP contribution in [0.15, 0.2) is 29.3 Å². The maximum atomic E-state index is 14.1. The van der Waals surface area contributed by atoms with Crippen molar-refractivity contribution in [3.63, 3.8) is 0 Å². The second-order valence-electron chi connectivity index (χ2n) is 12.5. The molecule has 11 nitrogen and oxygen atoms in total. The largest absolute Gasteiger partial charge is 0.465 e. The topological polar surface area (TPSA) is 111 Å². The van der Waals surface area contributed by atoms with E-state index < -0.39 is 14.2 Å². The van der Waals surface area contributed by atoms with Crippen LogP contribution in [0.5, 0.6) is 0 Å². The molecule has 1 aromatic carbocycles. The summed E-state index contributed by atoms with van der Waals surface area (Å²) in [6, 6.07) is 4.79. The number of piperazine rings is 1. The Morgan fingerprint density at radius 2 is 1.83 bits per heavy atom. The predicted molar refractivity (Wildman–Crippen MR) is 163 cm³/mol. The first-order valence-electron chi connectivity index (χ1n) is 14.0. The van der Waals surface area contributed by atoms with Gasteiger partial charge in [0.15, 0.2) is 5.65 Å². The Morgan fingerprint density at radius 1 is 1.12 bits per heavy atom. The molecule has 0 saturated carbocycles. The minimum Gasteiger partial charge on any atom is -0.465 e. The maximum Gasteiger partial charge on any atom is 0.407 e. The molecule has 4 aromatic rings. The summed E-state index contributed by atoms with van der Waals surface area (Å²) in [5.41, 5.74) is 2.57. The molecule has 13 heteroatoms. The van der Waals surface area contributed by atoms with E-state index in [1.807, 2.05) is 36.1 Å². The number of aromatic nitrogens is 5. The highest BCUT2D eigenvalue weighted by Crippen LogP contribution is 2.39. The van der Waals surface area contributed by atoms with E-state index >= 15 is 0 Å². The van der Waals surface area contributed by atoms with Gasteiger partial charge in [-0.2, -0.15) is 10.1 Å². The molecule has 3 aromatic heterocycles. The number of ether oxygens (including phenoxy) is 1. The molecule has 2 fully saturated rings. The number of carbonyl (C=O) groups is 1. The molecule has 41 heavy (non-hydrogen) atoms. The summed E-state index contributed by atoms with van der Waals surface area (Å²) in [4.78, 5) is 34.5. The van der Waals surface area contributed by atoms with Crippen molar-refractivity contribution in [3.05, 3.63) is 39.9 Å². The van der Waals surface area contributed by atoms with Crippen LogP contribution in [-0.2, 0) is 25.6 Å². The van der Waals surface area contributed by atoms with E-state index in [4.69, 9.17) is 21.3 Å². The van der Waals surface area contributed by atoms with E-state index in [0.29, 0.717) is 47.3 Å². The fourth-order valence-electron chi connectivity index (χ4n) is 6.15. The number of carboxylic acid groups (broad SMARTS) is 1. The average molecular weight is 598 g/mol. The molecule has 2 aliphatic heterocycles. The van der Waals surface area contributed by atoms with E-state index in [9.17, 15) is 14.7 Å². The number of halogens is 1. The molecule has 5 heterocycles. The van der Waals surface area contributed by atoms with Gasteiger partial charge in [0.2, 0.25) is 5.95 Å². The first kappa shape index (κ1) is 27.8. The molecule has 2 aliphatic rings. The molecule has 0 spiro atoms. The van der Waals surface area contributed by atoms with E-state index in [1.54, 1.807) is 16.3 Å². The van der Waals surface area contributed by atoms with Crippen LogP contribution in [0.4, 0.5) is 10.7 Å². The van der Waals surface area contributed by atoms with Crippen molar-refractivity contribution in [1.29, 1.82) is 0 Å². The number of likely N-dealkylation sites (tertiary alicyclic amines) is 1. The lowest BCUT2D eigenvalue weighted by Gasteiger charge is -2.40. The van der Waals surface area contributed by atoms with Crippen molar-refractivity contribution < 1.29 is 14.6 Å². The van der Waals surface area contributed by atoms with Crippen LogP contribution in [0.25, 0.3) is 33.1 Å². The molecular formula is C28H36ClN7O4Si. The van der Waals surface area contributed by atoms with Crippen LogP contribution < -0.4 is 10.5 Å². The molecule has 2 saturated heterocycles. The van der Waals surface area contributed by atoms with Gasteiger partial charge in [-0.3, -0.25) is 14.0 Å². The van der Waals surface area contributed by atoms with E-state index in [-0.39, 0.29) is 24.4 Å². The third-order valence-electron chi connectivity index (χ3n) is 8.31. The second-order valence-corrected chi connectivity index (χ2v) is 18.5. The number of amides is 1. The number of benzene rings is 1. The van der Waals surface area contributed by atoms with Gasteiger partial charge in [0.25, 0.3) is 5.56 Å². The predicted octanol–water partition coefficient (Wildman–Crippen LogP) is 4.59. The first-order chi connectivity index (χ1) is 19.4. The van der Waals surface area contributed by atoms with Crippen molar-refractivity contribution in [2.24, 2.45) is 14.1 Å². The van der Waals surface area contributed by atoms with Crippen LogP contribution in [0.3, 0.4) is 0 Å². The van der Waals surface area contributed by atoms with Gasteiger partial charge in [-0.25, -0.2) is 4.79 Å². The van der Waals surface area contributed by atoms with Crippen molar-refractivity contribution in [3.8, 4) is 11.1 Å². The molecule has 0 aliphatic carbocycles. The maximum absolute atomic E-state index is 14.1. The number of fused-ring (bicyclic) bond motifs is 4. The van der Waals surface area contributed by atoms with Crippen molar-refractivity contribution in [2.45, 2.75) is 57.3 Å². The number of rotatable bonds is 7. The summed E-state index contributed by atoms with van der Waals surface area (Å²) in [5.74, 6) is 0.557. The summed E-state index contributed by atoms with van der Waals surface area (Å²) >= 11 is 6.93. The number of hydrogen-bond acceptors (Lipinski definition) is 6. The van der Waals surface area contributed by atoms with E-state index in [0.717, 1.165) is 35.4 Å². The van der Waals surface area contributed by atoms with Crippen LogP contribution in [0.1, 0.15) is 12.8 Å². The molecule has 2 unspecified atom stereocenters. The minimum absolute atomic E-state index is 0.0290. The fraction of sp³-hybridized carbons (Fsp3) is 0.500. The van der Waals surface area contributed by atoms with Gasteiger partial charge >= 0.3 is 6.09 Å². The highest BCUT2D eigenvalue weighted by molar-refractivity contribution is 6.76. The molecule has 2 bridgehead atoms. The lowest BCUT2D eigenvalue weighted by atomic mass is 10.0. The van der Waals surface area contributed by atoms with E-state index in [1.165, 1.54) is 4.90 Å². The van der Waals surface area contributed by atoms with Crippen LogP contribution in [0, 0.1) is 0 Å². The zero-order valence-corrected chi connectivity index (χ0v) is 25.9. The Balaban J connectivity index is 1.48. The molecule has 2 atom stereocenters. The molecule has 6 rings (SSSR count). The number of anilines is 1. The monoisotopic (exact) mass is 597 g/mol. The summed E-state index contributed by atoms with van der Waals surface area (Å²) in [6.07, 6.45) is 4.60. The Hall–Kier alpha value is -3.35. The lowest BCUT2D eigenvalue weighted by Crippen LogP contribution is -2.56. The van der Waals surface area contributed by atoms with Crippen molar-refractivity contribution in [2.75, 3.05) is 24.6 Å².